The number of allylic oxidation sites excluding steroid dienone is 1. The zero-order valence-corrected chi connectivity index (χ0v) is 22.8. The highest BCUT2D eigenvalue weighted by atomic mass is 16.5. The minimum absolute atomic E-state index is 0. The Hall–Kier alpha value is -3.53. The van der Waals surface area contributed by atoms with Crippen LogP contribution < -0.4 is 15.4 Å². The second-order valence-electron chi connectivity index (χ2n) is 8.46. The van der Waals surface area contributed by atoms with Crippen molar-refractivity contribution in [3.05, 3.63) is 90.0 Å². The van der Waals surface area contributed by atoms with Crippen LogP contribution in [0.1, 0.15) is 83.0 Å². The fourth-order valence-electron chi connectivity index (χ4n) is 3.99. The fraction of sp³-hybridized carbons (Fsp3) is 0.344. The van der Waals surface area contributed by atoms with Gasteiger partial charge in [0.25, 0.3) is 0 Å². The third kappa shape index (κ3) is 7.48. The highest BCUT2D eigenvalue weighted by Crippen LogP contribution is 2.39. The average Bonchev–Trinajstić information content (AvgIpc) is 3.34. The van der Waals surface area contributed by atoms with Crippen LogP contribution in [0.3, 0.4) is 0 Å². The largest absolute Gasteiger partial charge is 0.494 e. The minimum Gasteiger partial charge on any atom is -0.494 e. The summed E-state index contributed by atoms with van der Waals surface area (Å²) in [5, 5.41) is 6.92. The standard InChI is InChI=1S/C25H24N2O2.C5H12.C2H6.H2/c1-4-23(28)21-14-16(3)15-22-24(21)27-25(26-22)19-8-6-17(7-9-19)18-10-12-20(13-11-18)29-5-2;1-3-5-4-2;1-2;/h4,6-15,25-27H,1,5H2,2-3H3;3-5H2,1-2H3;1-2H3;1H. The minimum atomic E-state index is -0.0856. The van der Waals surface area contributed by atoms with Gasteiger partial charge in [-0.2, -0.15) is 0 Å². The van der Waals surface area contributed by atoms with Gasteiger partial charge in [0.1, 0.15) is 11.9 Å². The molecule has 2 N–H and O–H groups in total. The van der Waals surface area contributed by atoms with E-state index in [9.17, 15) is 4.79 Å². The Labute approximate surface area is 219 Å². The average molecular weight is 489 g/mol. The molecule has 4 rings (SSSR count). The molecule has 0 fully saturated rings. The summed E-state index contributed by atoms with van der Waals surface area (Å²) < 4.78 is 5.51. The van der Waals surface area contributed by atoms with E-state index in [1.165, 1.54) is 25.3 Å². The van der Waals surface area contributed by atoms with Crippen molar-refractivity contribution in [2.75, 3.05) is 17.2 Å². The molecule has 4 heteroatoms. The molecule has 4 nitrogen and oxygen atoms in total. The number of rotatable bonds is 8. The third-order valence-electron chi connectivity index (χ3n) is 5.77. The molecule has 1 unspecified atom stereocenters. The van der Waals surface area contributed by atoms with Crippen molar-refractivity contribution in [3.8, 4) is 16.9 Å². The number of unbranched alkanes of at least 4 members (excludes halogenated alkanes) is 2. The Morgan fingerprint density at radius 1 is 0.944 bits per heavy atom. The lowest BCUT2D eigenvalue weighted by molar-refractivity contribution is 0.104. The van der Waals surface area contributed by atoms with Crippen LogP contribution in [-0.2, 0) is 0 Å². The van der Waals surface area contributed by atoms with Gasteiger partial charge >= 0.3 is 0 Å². The maximum Gasteiger partial charge on any atom is 0.187 e. The predicted molar refractivity (Wildman–Crippen MR) is 157 cm³/mol. The van der Waals surface area contributed by atoms with Gasteiger partial charge in [-0.25, -0.2) is 0 Å². The van der Waals surface area contributed by atoms with E-state index < -0.39 is 0 Å². The number of benzene rings is 3. The molecule has 0 aromatic heterocycles. The number of ether oxygens (including phenoxy) is 1. The molecule has 3 aromatic carbocycles. The molecule has 1 aliphatic heterocycles. The number of carbonyl (C=O) groups excluding carboxylic acids is 1. The molecule has 1 aliphatic rings. The van der Waals surface area contributed by atoms with Crippen LogP contribution in [0.2, 0.25) is 0 Å². The second-order valence-corrected chi connectivity index (χ2v) is 8.46. The number of hydrogen-bond acceptors (Lipinski definition) is 4. The normalized spacial score (nSPS) is 13.0. The van der Waals surface area contributed by atoms with E-state index in [-0.39, 0.29) is 13.4 Å². The lowest BCUT2D eigenvalue weighted by Gasteiger charge is -2.14. The maximum atomic E-state index is 12.2. The van der Waals surface area contributed by atoms with Gasteiger partial charge in [0, 0.05) is 6.99 Å². The molecule has 1 heterocycles. The van der Waals surface area contributed by atoms with Crippen molar-refractivity contribution in [3.63, 3.8) is 0 Å². The van der Waals surface area contributed by atoms with Gasteiger partial charge in [-0.1, -0.05) is 89.9 Å². The summed E-state index contributed by atoms with van der Waals surface area (Å²) in [4.78, 5) is 12.2. The van der Waals surface area contributed by atoms with E-state index in [2.05, 4.69) is 73.5 Å². The SMILES string of the molecule is C=CC(=O)c1cc(C)cc2c1NC(c1ccc(-c3ccc(OCC)cc3)cc1)N2.CC.CCCCC.[HH]. The second kappa shape index (κ2) is 14.8. The molecule has 0 bridgehead atoms. The number of fused-ring (bicyclic) bond motifs is 1. The first kappa shape index (κ1) is 28.7. The molecule has 0 aliphatic carbocycles. The van der Waals surface area contributed by atoms with Gasteiger partial charge in [-0.05, 0) is 66.4 Å². The number of carbonyl (C=O) groups is 1. The van der Waals surface area contributed by atoms with Gasteiger partial charge in [0.05, 0.1) is 18.0 Å². The Balaban J connectivity index is 0.000000768. The molecule has 1 atom stereocenters. The van der Waals surface area contributed by atoms with Crippen molar-refractivity contribution in [2.24, 2.45) is 0 Å². The molecule has 0 spiro atoms. The summed E-state index contributed by atoms with van der Waals surface area (Å²) in [5.74, 6) is 0.802. The quantitative estimate of drug-likeness (QED) is 0.245. The lowest BCUT2D eigenvalue weighted by atomic mass is 10.0. The Morgan fingerprint density at radius 2 is 1.53 bits per heavy atom. The van der Waals surface area contributed by atoms with Gasteiger partial charge in [-0.3, -0.25) is 4.79 Å². The summed E-state index contributed by atoms with van der Waals surface area (Å²) in [6.45, 7) is 16.7. The summed E-state index contributed by atoms with van der Waals surface area (Å²) in [6, 6.07) is 20.5. The number of ketones is 1. The molecule has 194 valence electrons. The first-order valence-electron chi connectivity index (χ1n) is 13.2. The summed E-state index contributed by atoms with van der Waals surface area (Å²) in [6.07, 6.45) is 5.35. The molecule has 36 heavy (non-hydrogen) atoms. The van der Waals surface area contributed by atoms with Crippen molar-refractivity contribution in [2.45, 2.75) is 67.0 Å². The van der Waals surface area contributed by atoms with Crippen molar-refractivity contribution in [1.82, 2.24) is 0 Å². The molecular weight excluding hydrogens is 444 g/mol. The van der Waals surface area contributed by atoms with Crippen LogP contribution in [0.5, 0.6) is 5.75 Å². The predicted octanol–water partition coefficient (Wildman–Crippen LogP) is 9.43. The number of nitrogens with one attached hydrogen (secondary N) is 2. The topological polar surface area (TPSA) is 50.4 Å². The van der Waals surface area contributed by atoms with E-state index in [4.69, 9.17) is 4.74 Å². The number of aryl methyl sites for hydroxylation is 1. The molecule has 0 radical (unpaired) electrons. The Bertz CT molecular complexity index is 1110. The lowest BCUT2D eigenvalue weighted by Crippen LogP contribution is -2.12. The van der Waals surface area contributed by atoms with Crippen LogP contribution >= 0.6 is 0 Å². The van der Waals surface area contributed by atoms with Gasteiger partial charge in [-0.15, -0.1) is 0 Å². The van der Waals surface area contributed by atoms with E-state index in [0.717, 1.165) is 39.4 Å². The van der Waals surface area contributed by atoms with E-state index in [1.54, 1.807) is 0 Å². The van der Waals surface area contributed by atoms with Crippen molar-refractivity contribution in [1.29, 1.82) is 0 Å². The maximum absolute atomic E-state index is 12.2. The van der Waals surface area contributed by atoms with Gasteiger partial charge in [0.15, 0.2) is 5.78 Å². The summed E-state index contributed by atoms with van der Waals surface area (Å²) in [7, 11) is 0. The van der Waals surface area contributed by atoms with E-state index in [1.807, 2.05) is 45.9 Å². The van der Waals surface area contributed by atoms with Crippen LogP contribution in [0, 0.1) is 6.92 Å². The first-order valence-corrected chi connectivity index (χ1v) is 13.2. The van der Waals surface area contributed by atoms with Gasteiger partial charge in [0.2, 0.25) is 0 Å². The smallest absolute Gasteiger partial charge is 0.187 e. The van der Waals surface area contributed by atoms with Crippen LogP contribution in [0.25, 0.3) is 11.1 Å². The summed E-state index contributed by atoms with van der Waals surface area (Å²) >= 11 is 0. The summed E-state index contributed by atoms with van der Waals surface area (Å²) in [5.41, 5.74) is 6.85. The zero-order chi connectivity index (χ0) is 26.5. The molecule has 0 saturated carbocycles. The van der Waals surface area contributed by atoms with Crippen molar-refractivity contribution >= 4 is 17.2 Å². The highest BCUT2D eigenvalue weighted by Gasteiger charge is 2.25. The highest BCUT2D eigenvalue weighted by molar-refractivity contribution is 6.10. The van der Waals surface area contributed by atoms with E-state index >= 15 is 0 Å². The van der Waals surface area contributed by atoms with Crippen LogP contribution in [0.4, 0.5) is 11.4 Å². The van der Waals surface area contributed by atoms with Crippen molar-refractivity contribution < 1.29 is 11.0 Å². The Kier molecular flexibility index (Phi) is 11.8. The zero-order valence-electron chi connectivity index (χ0n) is 22.8. The van der Waals surface area contributed by atoms with Gasteiger partial charge < -0.3 is 15.4 Å². The number of hydrogen-bond donors (Lipinski definition) is 2. The third-order valence-corrected chi connectivity index (χ3v) is 5.77. The monoisotopic (exact) mass is 488 g/mol. The molecule has 0 saturated heterocycles. The fourth-order valence-corrected chi connectivity index (χ4v) is 3.99. The van der Waals surface area contributed by atoms with E-state index in [0.29, 0.717) is 12.2 Å². The number of anilines is 2. The molecular formula is C32H44N2O2. The molecule has 0 amide bonds. The molecule has 3 aromatic rings. The van der Waals surface area contributed by atoms with Crippen LogP contribution in [-0.4, -0.2) is 12.4 Å². The van der Waals surface area contributed by atoms with Crippen LogP contribution in [0.15, 0.2) is 73.3 Å². The first-order chi connectivity index (χ1) is 17.5. The Morgan fingerprint density at radius 3 is 2.03 bits per heavy atom.